The van der Waals surface area contributed by atoms with E-state index in [0.717, 1.165) is 18.7 Å². The highest BCUT2D eigenvalue weighted by atomic mass is 35.5. The lowest BCUT2D eigenvalue weighted by molar-refractivity contribution is -0.119. The van der Waals surface area contributed by atoms with E-state index in [1.54, 1.807) is 6.07 Å². The number of ketones is 1. The van der Waals surface area contributed by atoms with Gasteiger partial charge in [0.25, 0.3) is 0 Å². The Morgan fingerprint density at radius 1 is 1.20 bits per heavy atom. The molecule has 0 N–H and O–H groups in total. The molecule has 4 rings (SSSR count). The maximum atomic E-state index is 14.6. The molecular formula is C22H23ClFN3O2S. The Morgan fingerprint density at radius 2 is 1.93 bits per heavy atom. The highest BCUT2D eigenvalue weighted by Crippen LogP contribution is 2.27. The fourth-order valence-electron chi connectivity index (χ4n) is 3.35. The molecule has 0 radical (unpaired) electrons. The molecule has 0 saturated carbocycles. The van der Waals surface area contributed by atoms with Gasteiger partial charge in [-0.2, -0.15) is 4.37 Å². The van der Waals surface area contributed by atoms with Crippen LogP contribution in [0.15, 0.2) is 48.5 Å². The number of halogens is 2. The van der Waals surface area contributed by atoms with Crippen LogP contribution in [0.3, 0.4) is 0 Å². The van der Waals surface area contributed by atoms with Crippen LogP contribution in [0.25, 0.3) is 11.1 Å². The second-order valence-electron chi connectivity index (χ2n) is 7.06. The highest BCUT2D eigenvalue weighted by Gasteiger charge is 2.21. The average molecular weight is 448 g/mol. The molecule has 1 aromatic heterocycles. The fourth-order valence-corrected chi connectivity index (χ4v) is 4.02. The van der Waals surface area contributed by atoms with Crippen LogP contribution in [0.5, 0.6) is 0 Å². The minimum atomic E-state index is -0.412. The number of Topliss-reactive ketones (excluding diaryl/α,β-unsaturated/α-hetero) is 1. The van der Waals surface area contributed by atoms with Gasteiger partial charge in [0, 0.05) is 24.6 Å². The van der Waals surface area contributed by atoms with E-state index in [2.05, 4.69) is 14.3 Å². The summed E-state index contributed by atoms with van der Waals surface area (Å²) in [7, 11) is 0. The number of benzene rings is 2. The zero-order valence-corrected chi connectivity index (χ0v) is 18.2. The Bertz CT molecular complexity index is 993. The number of nitrogens with zero attached hydrogens (tertiary/aromatic N) is 3. The first kappa shape index (κ1) is 22.3. The topological polar surface area (TPSA) is 55.3 Å². The molecule has 8 heteroatoms. The summed E-state index contributed by atoms with van der Waals surface area (Å²) in [5, 5.41) is 0.685. The van der Waals surface area contributed by atoms with Crippen molar-refractivity contribution < 1.29 is 13.9 Å². The molecule has 0 aliphatic carbocycles. The molecule has 2 heterocycles. The monoisotopic (exact) mass is 447 g/mol. The van der Waals surface area contributed by atoms with Gasteiger partial charge in [-0.15, -0.1) is 12.4 Å². The number of hydrogen-bond acceptors (Lipinski definition) is 6. The van der Waals surface area contributed by atoms with Crippen molar-refractivity contribution in [3.8, 4) is 11.1 Å². The van der Waals surface area contributed by atoms with E-state index in [0.29, 0.717) is 35.3 Å². The normalized spacial score (nSPS) is 14.8. The third-order valence-corrected chi connectivity index (χ3v) is 5.84. The fraction of sp³-hybridized carbons (Fsp3) is 0.318. The van der Waals surface area contributed by atoms with Gasteiger partial charge in [0.2, 0.25) is 5.95 Å². The SMILES string of the molecule is CC(C(=O)Cc1nc(N2CCOCC2)ns1)c1ccc(-c2ccccc2)c(F)c1.Cl. The second-order valence-corrected chi connectivity index (χ2v) is 7.89. The van der Waals surface area contributed by atoms with Gasteiger partial charge in [0.1, 0.15) is 16.6 Å². The predicted molar refractivity (Wildman–Crippen MR) is 119 cm³/mol. The van der Waals surface area contributed by atoms with Crippen molar-refractivity contribution in [1.29, 1.82) is 0 Å². The van der Waals surface area contributed by atoms with Crippen molar-refractivity contribution in [2.75, 3.05) is 31.2 Å². The number of carbonyl (C=O) groups is 1. The molecule has 1 unspecified atom stereocenters. The average Bonchev–Trinajstić information content (AvgIpc) is 3.23. The van der Waals surface area contributed by atoms with E-state index in [-0.39, 0.29) is 30.4 Å². The van der Waals surface area contributed by atoms with Crippen LogP contribution in [-0.4, -0.2) is 41.4 Å². The van der Waals surface area contributed by atoms with Gasteiger partial charge in [0.05, 0.1) is 19.6 Å². The van der Waals surface area contributed by atoms with E-state index >= 15 is 0 Å². The van der Waals surface area contributed by atoms with Crippen molar-refractivity contribution in [3.63, 3.8) is 0 Å². The molecule has 1 aliphatic rings. The number of aromatic nitrogens is 2. The zero-order chi connectivity index (χ0) is 20.2. The molecule has 1 aliphatic heterocycles. The van der Waals surface area contributed by atoms with E-state index in [1.165, 1.54) is 17.6 Å². The van der Waals surface area contributed by atoms with E-state index in [1.807, 2.05) is 43.3 Å². The van der Waals surface area contributed by atoms with Crippen molar-refractivity contribution in [2.24, 2.45) is 0 Å². The smallest absolute Gasteiger partial charge is 0.237 e. The molecule has 30 heavy (non-hydrogen) atoms. The van der Waals surface area contributed by atoms with Gasteiger partial charge >= 0.3 is 0 Å². The minimum Gasteiger partial charge on any atom is -0.378 e. The molecular weight excluding hydrogens is 425 g/mol. The Labute approximate surface area is 185 Å². The number of anilines is 1. The standard InChI is InChI=1S/C22H22FN3O2S.ClH/c1-15(17-7-8-18(19(23)13-17)16-5-3-2-4-6-16)20(27)14-21-24-22(25-29-21)26-9-11-28-12-10-26;/h2-8,13,15H,9-12,14H2,1H3;1H. The summed E-state index contributed by atoms with van der Waals surface area (Å²) >= 11 is 1.25. The maximum Gasteiger partial charge on any atom is 0.237 e. The number of hydrogen-bond donors (Lipinski definition) is 0. The maximum absolute atomic E-state index is 14.6. The van der Waals surface area contributed by atoms with Gasteiger partial charge in [-0.3, -0.25) is 4.79 Å². The number of carbonyl (C=O) groups excluding carboxylic acids is 1. The van der Waals surface area contributed by atoms with E-state index in [4.69, 9.17) is 4.74 Å². The van der Waals surface area contributed by atoms with Crippen molar-refractivity contribution in [1.82, 2.24) is 9.36 Å². The van der Waals surface area contributed by atoms with Crippen LogP contribution in [-0.2, 0) is 16.0 Å². The lowest BCUT2D eigenvalue weighted by Gasteiger charge is -2.25. The molecule has 158 valence electrons. The Kier molecular flexibility index (Phi) is 7.53. The molecule has 1 atom stereocenters. The first-order valence-corrected chi connectivity index (χ1v) is 10.4. The Hall–Kier alpha value is -2.35. The molecule has 1 saturated heterocycles. The molecule has 3 aromatic rings. The zero-order valence-electron chi connectivity index (χ0n) is 16.6. The van der Waals surface area contributed by atoms with Gasteiger partial charge in [-0.05, 0) is 28.7 Å². The van der Waals surface area contributed by atoms with Gasteiger partial charge in [-0.1, -0.05) is 49.4 Å². The summed E-state index contributed by atoms with van der Waals surface area (Å²) in [5.41, 5.74) is 2.03. The summed E-state index contributed by atoms with van der Waals surface area (Å²) in [6.07, 6.45) is 0.200. The van der Waals surface area contributed by atoms with E-state index < -0.39 is 5.92 Å². The molecule has 1 fully saturated rings. The molecule has 0 spiro atoms. The lowest BCUT2D eigenvalue weighted by Crippen LogP contribution is -2.36. The molecule has 2 aromatic carbocycles. The number of morpholine rings is 1. The molecule has 0 bridgehead atoms. The highest BCUT2D eigenvalue weighted by molar-refractivity contribution is 7.05. The van der Waals surface area contributed by atoms with Gasteiger partial charge in [-0.25, -0.2) is 9.37 Å². The largest absolute Gasteiger partial charge is 0.378 e. The van der Waals surface area contributed by atoms with Crippen LogP contribution < -0.4 is 4.90 Å². The quantitative estimate of drug-likeness (QED) is 0.556. The van der Waals surface area contributed by atoms with Crippen LogP contribution >= 0.6 is 23.9 Å². The van der Waals surface area contributed by atoms with Crippen molar-refractivity contribution in [2.45, 2.75) is 19.3 Å². The Morgan fingerprint density at radius 3 is 2.63 bits per heavy atom. The van der Waals surface area contributed by atoms with Crippen LogP contribution in [0.4, 0.5) is 10.3 Å². The number of ether oxygens (including phenoxy) is 1. The third kappa shape index (κ3) is 5.03. The molecule has 0 amide bonds. The molecule has 5 nitrogen and oxygen atoms in total. The first-order valence-electron chi connectivity index (χ1n) is 9.64. The van der Waals surface area contributed by atoms with Crippen molar-refractivity contribution >= 4 is 35.7 Å². The minimum absolute atomic E-state index is 0. The van der Waals surface area contributed by atoms with Crippen LogP contribution in [0, 0.1) is 5.82 Å². The Balaban J connectivity index is 0.00000256. The van der Waals surface area contributed by atoms with Gasteiger partial charge < -0.3 is 9.64 Å². The third-order valence-electron chi connectivity index (χ3n) is 5.14. The van der Waals surface area contributed by atoms with Crippen molar-refractivity contribution in [3.05, 3.63) is 64.9 Å². The summed E-state index contributed by atoms with van der Waals surface area (Å²) in [5.74, 6) is -0.0718. The lowest BCUT2D eigenvalue weighted by atomic mass is 9.93. The first-order chi connectivity index (χ1) is 14.1. The summed E-state index contributed by atoms with van der Waals surface area (Å²) in [4.78, 5) is 19.3. The summed E-state index contributed by atoms with van der Waals surface area (Å²) < 4.78 is 24.4. The van der Waals surface area contributed by atoms with Crippen LogP contribution in [0.1, 0.15) is 23.4 Å². The van der Waals surface area contributed by atoms with Crippen LogP contribution in [0.2, 0.25) is 0 Å². The second kappa shape index (κ2) is 10.1. The predicted octanol–water partition coefficient (Wildman–Crippen LogP) is 4.52. The summed E-state index contributed by atoms with van der Waals surface area (Å²) in [6.45, 7) is 4.65. The summed E-state index contributed by atoms with van der Waals surface area (Å²) in [6, 6.07) is 14.4. The van der Waals surface area contributed by atoms with E-state index in [9.17, 15) is 9.18 Å². The number of rotatable bonds is 6. The van der Waals surface area contributed by atoms with Gasteiger partial charge in [0.15, 0.2) is 0 Å².